The van der Waals surface area contributed by atoms with Gasteiger partial charge in [-0.2, -0.15) is 0 Å². The average Bonchev–Trinajstić information content (AvgIpc) is 2.35. The van der Waals surface area contributed by atoms with Gasteiger partial charge in [0, 0.05) is 13.1 Å². The van der Waals surface area contributed by atoms with E-state index < -0.39 is 23.7 Å². The molecule has 0 spiro atoms. The maximum Gasteiger partial charge on any atom is 0.408 e. The highest BCUT2D eigenvalue weighted by atomic mass is 16.6. The Morgan fingerprint density at radius 1 is 1.14 bits per heavy atom. The van der Waals surface area contributed by atoms with Gasteiger partial charge >= 0.3 is 12.1 Å². The van der Waals surface area contributed by atoms with Crippen LogP contribution in [-0.2, 0) is 14.3 Å². The Labute approximate surface area is 132 Å². The van der Waals surface area contributed by atoms with E-state index in [-0.39, 0.29) is 12.3 Å². The third-order valence-electron chi connectivity index (χ3n) is 2.71. The number of aliphatic carboxylic acids is 1. The fourth-order valence-electron chi connectivity index (χ4n) is 1.85. The van der Waals surface area contributed by atoms with Crippen LogP contribution in [0.5, 0.6) is 0 Å². The number of carbonyl (C=O) groups excluding carboxylic acids is 2. The smallest absolute Gasteiger partial charge is 0.408 e. The first-order valence-electron chi connectivity index (χ1n) is 7.60. The number of carboxylic acids is 1. The SMILES string of the molecule is CCCN(CCC)C(=O)C[C@H](NC(=O)OC(C)(C)C)C(=O)O. The lowest BCUT2D eigenvalue weighted by Crippen LogP contribution is -2.46. The molecule has 0 radical (unpaired) electrons. The van der Waals surface area contributed by atoms with Crippen molar-refractivity contribution < 1.29 is 24.2 Å². The molecule has 0 saturated heterocycles. The highest BCUT2D eigenvalue weighted by Gasteiger charge is 2.27. The van der Waals surface area contributed by atoms with Crippen molar-refractivity contribution in [2.75, 3.05) is 13.1 Å². The van der Waals surface area contributed by atoms with Crippen molar-refractivity contribution in [3.05, 3.63) is 0 Å². The number of hydrogen-bond donors (Lipinski definition) is 2. The molecule has 0 aromatic carbocycles. The van der Waals surface area contributed by atoms with Crippen LogP contribution in [-0.4, -0.2) is 52.7 Å². The molecule has 0 aliphatic rings. The molecule has 0 fully saturated rings. The molecule has 0 rings (SSSR count). The summed E-state index contributed by atoms with van der Waals surface area (Å²) in [6.07, 6.45) is 0.464. The molecule has 1 atom stereocenters. The average molecular weight is 316 g/mol. The van der Waals surface area contributed by atoms with E-state index in [4.69, 9.17) is 9.84 Å². The van der Waals surface area contributed by atoms with Gasteiger partial charge in [-0.05, 0) is 33.6 Å². The van der Waals surface area contributed by atoms with Crippen LogP contribution in [0.2, 0.25) is 0 Å². The molecule has 0 bridgehead atoms. The molecule has 2 amide bonds. The molecule has 0 saturated carbocycles. The van der Waals surface area contributed by atoms with E-state index in [1.807, 2.05) is 13.8 Å². The van der Waals surface area contributed by atoms with Gasteiger partial charge < -0.3 is 20.1 Å². The first-order valence-corrected chi connectivity index (χ1v) is 7.60. The van der Waals surface area contributed by atoms with E-state index >= 15 is 0 Å². The summed E-state index contributed by atoms with van der Waals surface area (Å²) < 4.78 is 5.02. The van der Waals surface area contributed by atoms with Crippen molar-refractivity contribution in [2.45, 2.75) is 65.5 Å². The molecule has 2 N–H and O–H groups in total. The Morgan fingerprint density at radius 2 is 1.64 bits per heavy atom. The van der Waals surface area contributed by atoms with E-state index in [0.29, 0.717) is 13.1 Å². The fraction of sp³-hybridized carbons (Fsp3) is 0.800. The molecular formula is C15H28N2O5. The minimum Gasteiger partial charge on any atom is -0.480 e. The third-order valence-corrected chi connectivity index (χ3v) is 2.71. The van der Waals surface area contributed by atoms with Crippen LogP contribution < -0.4 is 5.32 Å². The van der Waals surface area contributed by atoms with E-state index in [2.05, 4.69) is 5.32 Å². The lowest BCUT2D eigenvalue weighted by molar-refractivity contribution is -0.143. The molecule has 7 heteroatoms. The van der Waals surface area contributed by atoms with Gasteiger partial charge in [-0.3, -0.25) is 4.79 Å². The predicted molar refractivity (Wildman–Crippen MR) is 82.6 cm³/mol. The van der Waals surface area contributed by atoms with Crippen molar-refractivity contribution in [2.24, 2.45) is 0 Å². The van der Waals surface area contributed by atoms with Crippen LogP contribution in [0, 0.1) is 0 Å². The summed E-state index contributed by atoms with van der Waals surface area (Å²) in [7, 11) is 0. The number of carboxylic acid groups (broad SMARTS) is 1. The molecular weight excluding hydrogens is 288 g/mol. The number of hydrogen-bond acceptors (Lipinski definition) is 4. The van der Waals surface area contributed by atoms with Crippen LogP contribution in [0.1, 0.15) is 53.9 Å². The normalized spacial score (nSPS) is 12.4. The van der Waals surface area contributed by atoms with E-state index in [9.17, 15) is 14.4 Å². The molecule has 0 aromatic rings. The predicted octanol–water partition coefficient (Wildman–Crippen LogP) is 2.00. The van der Waals surface area contributed by atoms with Gasteiger partial charge in [0.25, 0.3) is 0 Å². The third kappa shape index (κ3) is 8.49. The molecule has 128 valence electrons. The Kier molecular flexibility index (Phi) is 8.52. The number of carbonyl (C=O) groups is 3. The maximum atomic E-state index is 12.2. The summed E-state index contributed by atoms with van der Waals surface area (Å²) in [6.45, 7) is 10.1. The lowest BCUT2D eigenvalue weighted by atomic mass is 10.1. The highest BCUT2D eigenvalue weighted by Crippen LogP contribution is 2.08. The van der Waals surface area contributed by atoms with Gasteiger partial charge in [0.15, 0.2) is 0 Å². The Morgan fingerprint density at radius 3 is 2.00 bits per heavy atom. The quantitative estimate of drug-likeness (QED) is 0.714. The topological polar surface area (TPSA) is 95.9 Å². The van der Waals surface area contributed by atoms with Gasteiger partial charge in [0.05, 0.1) is 6.42 Å². The van der Waals surface area contributed by atoms with Crippen molar-refractivity contribution in [1.82, 2.24) is 10.2 Å². The Balaban J connectivity index is 4.72. The summed E-state index contributed by atoms with van der Waals surface area (Å²) in [5, 5.41) is 11.4. The maximum absolute atomic E-state index is 12.2. The number of amides is 2. The molecule has 0 aliphatic heterocycles. The number of rotatable bonds is 8. The minimum atomic E-state index is -1.29. The van der Waals surface area contributed by atoms with Crippen LogP contribution in [0.15, 0.2) is 0 Å². The summed E-state index contributed by atoms with van der Waals surface area (Å²) in [4.78, 5) is 36.7. The zero-order chi connectivity index (χ0) is 17.3. The van der Waals surface area contributed by atoms with E-state index in [1.54, 1.807) is 25.7 Å². The first-order chi connectivity index (χ1) is 10.1. The molecule has 0 aliphatic carbocycles. The summed E-state index contributed by atoms with van der Waals surface area (Å²) in [5.41, 5.74) is -0.729. The molecule has 0 heterocycles. The Hall–Kier alpha value is -1.79. The first kappa shape index (κ1) is 20.2. The van der Waals surface area contributed by atoms with Gasteiger partial charge in [0.2, 0.25) is 5.91 Å². The van der Waals surface area contributed by atoms with Crippen molar-refractivity contribution in [3.63, 3.8) is 0 Å². The van der Waals surface area contributed by atoms with Crippen LogP contribution in [0.3, 0.4) is 0 Å². The van der Waals surface area contributed by atoms with Gasteiger partial charge in [0.1, 0.15) is 11.6 Å². The molecule has 0 aromatic heterocycles. The van der Waals surface area contributed by atoms with Gasteiger partial charge in [-0.15, -0.1) is 0 Å². The van der Waals surface area contributed by atoms with Gasteiger partial charge in [-0.1, -0.05) is 13.8 Å². The molecule has 0 unspecified atom stereocenters. The lowest BCUT2D eigenvalue weighted by Gasteiger charge is -2.25. The summed E-state index contributed by atoms with van der Waals surface area (Å²) >= 11 is 0. The molecule has 7 nitrogen and oxygen atoms in total. The number of ether oxygens (including phenoxy) is 1. The zero-order valence-electron chi connectivity index (χ0n) is 14.1. The zero-order valence-corrected chi connectivity index (χ0v) is 14.1. The van der Waals surface area contributed by atoms with Crippen LogP contribution in [0.25, 0.3) is 0 Å². The van der Waals surface area contributed by atoms with Crippen molar-refractivity contribution >= 4 is 18.0 Å². The second-order valence-electron chi connectivity index (χ2n) is 6.12. The fourth-order valence-corrected chi connectivity index (χ4v) is 1.85. The number of nitrogens with one attached hydrogen (secondary N) is 1. The largest absolute Gasteiger partial charge is 0.480 e. The van der Waals surface area contributed by atoms with Gasteiger partial charge in [-0.25, -0.2) is 9.59 Å². The van der Waals surface area contributed by atoms with E-state index in [0.717, 1.165) is 12.8 Å². The van der Waals surface area contributed by atoms with Crippen LogP contribution >= 0.6 is 0 Å². The molecule has 22 heavy (non-hydrogen) atoms. The highest BCUT2D eigenvalue weighted by molar-refractivity contribution is 5.87. The van der Waals surface area contributed by atoms with Crippen LogP contribution in [0.4, 0.5) is 4.79 Å². The number of alkyl carbamates (subject to hydrolysis) is 1. The van der Waals surface area contributed by atoms with Crippen molar-refractivity contribution in [3.8, 4) is 0 Å². The monoisotopic (exact) mass is 316 g/mol. The van der Waals surface area contributed by atoms with E-state index in [1.165, 1.54) is 0 Å². The number of nitrogens with zero attached hydrogens (tertiary/aromatic N) is 1. The summed E-state index contributed by atoms with van der Waals surface area (Å²) in [5.74, 6) is -1.54. The second-order valence-corrected chi connectivity index (χ2v) is 6.12. The standard InChI is InChI=1S/C15H28N2O5/c1-6-8-17(9-7-2)12(18)10-11(13(19)20)16-14(21)22-15(3,4)5/h11H,6-10H2,1-5H3,(H,16,21)(H,19,20)/t11-/m0/s1. The Bertz CT molecular complexity index is 384. The minimum absolute atomic E-state index is 0.283. The second kappa shape index (κ2) is 9.27. The summed E-state index contributed by atoms with van der Waals surface area (Å²) in [6, 6.07) is -1.29. The van der Waals surface area contributed by atoms with Crippen molar-refractivity contribution in [1.29, 1.82) is 0 Å².